The molecule has 4 aromatic rings. The molecule has 34 heavy (non-hydrogen) atoms. The van der Waals surface area contributed by atoms with E-state index in [1.54, 1.807) is 53.2 Å². The molecular formula is C22H15F6N5O. The van der Waals surface area contributed by atoms with Crippen molar-refractivity contribution in [3.63, 3.8) is 0 Å². The van der Waals surface area contributed by atoms with Gasteiger partial charge in [-0.15, -0.1) is 0 Å². The molecule has 3 heterocycles. The summed E-state index contributed by atoms with van der Waals surface area (Å²) >= 11 is 0. The van der Waals surface area contributed by atoms with E-state index in [1.165, 1.54) is 0 Å². The average Bonchev–Trinajstić information content (AvgIpc) is 3.20. The molecule has 0 saturated heterocycles. The Morgan fingerprint density at radius 1 is 0.882 bits per heavy atom. The van der Waals surface area contributed by atoms with Crippen molar-refractivity contribution in [1.82, 2.24) is 24.7 Å². The molecule has 0 atom stereocenters. The van der Waals surface area contributed by atoms with Crippen molar-refractivity contribution in [1.29, 1.82) is 0 Å². The van der Waals surface area contributed by atoms with Gasteiger partial charge in [-0.25, -0.2) is 15.0 Å². The Bertz CT molecular complexity index is 1330. The van der Waals surface area contributed by atoms with Gasteiger partial charge in [-0.1, -0.05) is 18.2 Å². The van der Waals surface area contributed by atoms with Gasteiger partial charge in [0.1, 0.15) is 12.2 Å². The first-order valence-corrected chi connectivity index (χ1v) is 9.79. The lowest BCUT2D eigenvalue weighted by Crippen LogP contribution is -2.34. The van der Waals surface area contributed by atoms with Crippen molar-refractivity contribution in [2.45, 2.75) is 18.8 Å². The summed E-state index contributed by atoms with van der Waals surface area (Å²) in [4.78, 5) is 22.9. The molecule has 0 unspecified atom stereocenters. The molecule has 0 fully saturated rings. The number of hydrogen-bond acceptors (Lipinski definition) is 4. The number of imidazole rings is 1. The summed E-state index contributed by atoms with van der Waals surface area (Å²) in [5, 5.41) is 1.83. The number of amides is 1. The van der Waals surface area contributed by atoms with Crippen LogP contribution >= 0.6 is 0 Å². The van der Waals surface area contributed by atoms with Gasteiger partial charge in [-0.05, 0) is 29.3 Å². The van der Waals surface area contributed by atoms with Gasteiger partial charge in [-0.2, -0.15) is 26.3 Å². The Kier molecular flexibility index (Phi) is 5.98. The fourth-order valence-electron chi connectivity index (χ4n) is 3.28. The maximum absolute atomic E-state index is 12.7. The summed E-state index contributed by atoms with van der Waals surface area (Å²) in [6.07, 6.45) is -3.93. The highest BCUT2D eigenvalue weighted by molar-refractivity contribution is 5.79. The van der Waals surface area contributed by atoms with Crippen molar-refractivity contribution >= 4 is 11.6 Å². The number of carbonyl (C=O) groups excluding carboxylic acids is 1. The summed E-state index contributed by atoms with van der Waals surface area (Å²) < 4.78 is 76.6. The van der Waals surface area contributed by atoms with E-state index < -0.39 is 30.6 Å². The first-order chi connectivity index (χ1) is 16.0. The van der Waals surface area contributed by atoms with E-state index in [0.29, 0.717) is 33.6 Å². The van der Waals surface area contributed by atoms with Crippen LogP contribution in [-0.2, 0) is 17.4 Å². The van der Waals surface area contributed by atoms with Crippen LogP contribution in [0.3, 0.4) is 0 Å². The third-order valence-electron chi connectivity index (χ3n) is 4.83. The Labute approximate surface area is 188 Å². The van der Waals surface area contributed by atoms with Crippen LogP contribution in [-0.4, -0.2) is 38.0 Å². The van der Waals surface area contributed by atoms with E-state index in [9.17, 15) is 31.1 Å². The Balaban J connectivity index is 1.56. The number of aromatic nitrogens is 4. The minimum atomic E-state index is -4.63. The fourth-order valence-corrected chi connectivity index (χ4v) is 3.28. The molecule has 176 valence electrons. The largest absolute Gasteiger partial charge is 0.451 e. The topological polar surface area (TPSA) is 72.2 Å². The molecule has 4 rings (SSSR count). The van der Waals surface area contributed by atoms with Gasteiger partial charge in [0.15, 0.2) is 0 Å². The van der Waals surface area contributed by atoms with Crippen molar-refractivity contribution in [2.75, 3.05) is 6.54 Å². The molecule has 0 radical (unpaired) electrons. The van der Waals surface area contributed by atoms with Crippen LogP contribution < -0.4 is 5.32 Å². The smallest absolute Gasteiger partial charge is 0.347 e. The molecule has 3 aromatic heterocycles. The molecule has 6 nitrogen and oxygen atoms in total. The van der Waals surface area contributed by atoms with Crippen LogP contribution in [0.1, 0.15) is 11.4 Å². The van der Waals surface area contributed by atoms with Crippen LogP contribution in [0.25, 0.3) is 28.0 Å². The lowest BCUT2D eigenvalue weighted by molar-refractivity contribution is -0.145. The second-order valence-electron chi connectivity index (χ2n) is 7.35. The highest BCUT2D eigenvalue weighted by Crippen LogP contribution is 2.28. The van der Waals surface area contributed by atoms with E-state index in [0.717, 1.165) is 12.4 Å². The van der Waals surface area contributed by atoms with Crippen LogP contribution in [0.4, 0.5) is 26.3 Å². The van der Waals surface area contributed by atoms with Crippen LogP contribution in [0.15, 0.2) is 61.2 Å². The summed E-state index contributed by atoms with van der Waals surface area (Å²) in [6.45, 7) is -1.40. The van der Waals surface area contributed by atoms with E-state index >= 15 is 0 Å². The molecule has 12 heteroatoms. The Morgan fingerprint density at radius 3 is 2.29 bits per heavy atom. The van der Waals surface area contributed by atoms with E-state index in [4.69, 9.17) is 0 Å². The monoisotopic (exact) mass is 479 g/mol. The number of halogens is 6. The molecule has 1 N–H and O–H groups in total. The van der Waals surface area contributed by atoms with Gasteiger partial charge in [0, 0.05) is 29.7 Å². The summed E-state index contributed by atoms with van der Waals surface area (Å²) in [7, 11) is 0. The molecule has 0 saturated carbocycles. The number of nitrogens with one attached hydrogen (secondary N) is 1. The summed E-state index contributed by atoms with van der Waals surface area (Å²) in [5.41, 5.74) is 3.30. The van der Waals surface area contributed by atoms with Gasteiger partial charge >= 0.3 is 12.4 Å². The minimum Gasteiger partial charge on any atom is -0.347 e. The molecule has 0 aliphatic heterocycles. The predicted octanol–water partition coefficient (Wildman–Crippen LogP) is 4.70. The fraction of sp³-hybridized carbons (Fsp3) is 0.182. The zero-order valence-electron chi connectivity index (χ0n) is 17.2. The molecule has 0 aliphatic rings. The molecule has 0 bridgehead atoms. The number of pyridine rings is 1. The number of carbonyl (C=O) groups is 1. The highest BCUT2D eigenvalue weighted by atomic mass is 19.4. The van der Waals surface area contributed by atoms with Gasteiger partial charge < -0.3 is 5.32 Å². The van der Waals surface area contributed by atoms with Crippen LogP contribution in [0.5, 0.6) is 0 Å². The molecule has 0 spiro atoms. The van der Waals surface area contributed by atoms with E-state index in [1.807, 2.05) is 5.32 Å². The van der Waals surface area contributed by atoms with Crippen LogP contribution in [0.2, 0.25) is 0 Å². The normalized spacial score (nSPS) is 12.2. The number of alkyl halides is 6. The van der Waals surface area contributed by atoms with Crippen molar-refractivity contribution in [3.05, 3.63) is 72.6 Å². The lowest BCUT2D eigenvalue weighted by atomic mass is 10.1. The van der Waals surface area contributed by atoms with Gasteiger partial charge in [0.25, 0.3) is 0 Å². The number of fused-ring (bicyclic) bond motifs is 1. The minimum absolute atomic E-state index is 0.223. The first-order valence-electron chi connectivity index (χ1n) is 9.79. The lowest BCUT2D eigenvalue weighted by Gasteiger charge is -2.09. The predicted molar refractivity (Wildman–Crippen MR) is 109 cm³/mol. The number of nitrogens with zero attached hydrogens (tertiary/aromatic N) is 4. The van der Waals surface area contributed by atoms with Crippen LogP contribution in [0, 0.1) is 0 Å². The summed E-state index contributed by atoms with van der Waals surface area (Å²) in [6, 6.07) is 10.1. The quantitative estimate of drug-likeness (QED) is 0.422. The maximum atomic E-state index is 12.7. The maximum Gasteiger partial charge on any atom is 0.451 e. The third-order valence-corrected chi connectivity index (χ3v) is 4.83. The molecular weight excluding hydrogens is 464 g/mol. The van der Waals surface area contributed by atoms with Gasteiger partial charge in [0.05, 0.1) is 18.3 Å². The number of rotatable bonds is 5. The van der Waals surface area contributed by atoms with Gasteiger partial charge in [-0.3, -0.25) is 9.20 Å². The molecule has 0 aliphatic carbocycles. The van der Waals surface area contributed by atoms with Gasteiger partial charge in [0.2, 0.25) is 11.7 Å². The molecule has 1 aromatic carbocycles. The third kappa shape index (κ3) is 5.33. The SMILES string of the molecule is O=C(Cc1cccc(-c2cnc3cc(-c4cnc(C(F)(F)F)nc4)ccn23)c1)NCC(F)(F)F. The van der Waals surface area contributed by atoms with E-state index in [-0.39, 0.29) is 6.42 Å². The first kappa shape index (κ1) is 23.2. The second kappa shape index (κ2) is 8.76. The zero-order chi connectivity index (χ0) is 24.5. The van der Waals surface area contributed by atoms with Crippen molar-refractivity contribution < 1.29 is 31.1 Å². The van der Waals surface area contributed by atoms with E-state index in [2.05, 4.69) is 15.0 Å². The average molecular weight is 479 g/mol. The standard InChI is InChI=1S/C22H15F6N5O/c23-21(24,25)12-32-19(34)7-13-2-1-3-15(6-13)17-11-29-18-8-14(4-5-33(17)18)16-9-30-20(31-10-16)22(26,27)28/h1-6,8-11H,7,12H2,(H,32,34). The van der Waals surface area contributed by atoms with Crippen molar-refractivity contribution in [3.8, 4) is 22.4 Å². The number of hydrogen-bond donors (Lipinski definition) is 1. The Morgan fingerprint density at radius 2 is 1.62 bits per heavy atom. The van der Waals surface area contributed by atoms with Crippen molar-refractivity contribution in [2.24, 2.45) is 0 Å². The number of benzene rings is 1. The second-order valence-corrected chi connectivity index (χ2v) is 7.35. The zero-order valence-corrected chi connectivity index (χ0v) is 17.2. The highest BCUT2D eigenvalue weighted by Gasteiger charge is 2.34. The Hall–Kier alpha value is -3.96. The summed E-state index contributed by atoms with van der Waals surface area (Å²) in [5.74, 6) is -1.98. The molecule has 1 amide bonds.